The summed E-state index contributed by atoms with van der Waals surface area (Å²) >= 11 is 0. The molecule has 0 radical (unpaired) electrons. The average molecular weight is 459 g/mol. The molecule has 0 heterocycles. The first-order valence-electron chi connectivity index (χ1n) is 10.1. The van der Waals surface area contributed by atoms with E-state index in [4.69, 9.17) is 22.9 Å². The number of primary amides is 1. The Morgan fingerprint density at radius 2 is 1.50 bits per heavy atom. The van der Waals surface area contributed by atoms with E-state index in [0.29, 0.717) is 0 Å². The largest absolute Gasteiger partial charge is 0.480 e. The van der Waals surface area contributed by atoms with Gasteiger partial charge in [0.05, 0.1) is 6.54 Å². The van der Waals surface area contributed by atoms with Crippen molar-refractivity contribution in [3.05, 3.63) is 0 Å². The minimum absolute atomic E-state index is 0.0756. The highest BCUT2D eigenvalue weighted by atomic mass is 16.4. The van der Waals surface area contributed by atoms with E-state index in [-0.39, 0.29) is 50.7 Å². The number of nitrogens with one attached hydrogen (secondary N) is 3. The van der Waals surface area contributed by atoms with Gasteiger partial charge in [-0.25, -0.2) is 4.79 Å². The lowest BCUT2D eigenvalue weighted by atomic mass is 10.0. The minimum atomic E-state index is -1.38. The highest BCUT2D eigenvalue weighted by Crippen LogP contribution is 2.06. The fraction of sp³-hybridized carbons (Fsp3) is 0.667. The Kier molecular flexibility index (Phi) is 13.0. The first kappa shape index (κ1) is 28.6. The van der Waals surface area contributed by atoms with Crippen LogP contribution >= 0.6 is 0 Å². The van der Waals surface area contributed by atoms with Gasteiger partial charge >= 0.3 is 5.97 Å². The molecule has 182 valence electrons. The van der Waals surface area contributed by atoms with E-state index >= 15 is 0 Å². The molecule has 0 spiro atoms. The Bertz CT molecular complexity index is 708. The molecule has 0 aromatic carbocycles. The van der Waals surface area contributed by atoms with Crippen LogP contribution in [0.25, 0.3) is 0 Å². The molecule has 0 aliphatic rings. The number of hydrogen-bond donors (Lipinski definition) is 8. The number of carboxylic acid groups (broad SMARTS) is 1. The molecular weight excluding hydrogens is 424 g/mol. The van der Waals surface area contributed by atoms with Gasteiger partial charge in [0.25, 0.3) is 0 Å². The molecule has 0 aliphatic carbocycles. The van der Waals surface area contributed by atoms with Gasteiger partial charge in [-0.05, 0) is 25.2 Å². The van der Waals surface area contributed by atoms with Gasteiger partial charge in [0.1, 0.15) is 18.1 Å². The van der Waals surface area contributed by atoms with E-state index in [1.54, 1.807) is 13.8 Å². The number of carbonyl (C=O) groups is 5. The minimum Gasteiger partial charge on any atom is -0.480 e. The maximum Gasteiger partial charge on any atom is 0.326 e. The SMILES string of the molecule is CC(C)C(NC(=O)CN)C(=O)NC(CCCN=C(N)N)C(=O)NC(CCC(N)=O)C(=O)O. The molecule has 4 amide bonds. The zero-order valence-electron chi connectivity index (χ0n) is 18.3. The summed E-state index contributed by atoms with van der Waals surface area (Å²) in [5.41, 5.74) is 20.8. The number of aliphatic imine (C=N–C) groups is 1. The van der Waals surface area contributed by atoms with Crippen LogP contribution in [0.15, 0.2) is 4.99 Å². The van der Waals surface area contributed by atoms with Crippen molar-refractivity contribution < 1.29 is 29.1 Å². The van der Waals surface area contributed by atoms with E-state index in [1.165, 1.54) is 0 Å². The maximum atomic E-state index is 12.7. The van der Waals surface area contributed by atoms with E-state index in [1.807, 2.05) is 0 Å². The maximum absolute atomic E-state index is 12.7. The quantitative estimate of drug-likeness (QED) is 0.0685. The number of carboxylic acids is 1. The zero-order chi connectivity index (χ0) is 24.8. The Hall–Kier alpha value is -3.42. The lowest BCUT2D eigenvalue weighted by Crippen LogP contribution is -2.57. The lowest BCUT2D eigenvalue weighted by Gasteiger charge is -2.26. The Morgan fingerprint density at radius 3 is 1.97 bits per heavy atom. The van der Waals surface area contributed by atoms with Crippen LogP contribution < -0.4 is 38.9 Å². The number of hydrogen-bond acceptors (Lipinski definition) is 7. The third-order valence-corrected chi connectivity index (χ3v) is 4.32. The zero-order valence-corrected chi connectivity index (χ0v) is 18.3. The molecule has 3 atom stereocenters. The second-order valence-electron chi connectivity index (χ2n) is 7.41. The van der Waals surface area contributed by atoms with Gasteiger partial charge in [-0.3, -0.25) is 24.2 Å². The Labute approximate surface area is 185 Å². The van der Waals surface area contributed by atoms with Crippen molar-refractivity contribution in [2.24, 2.45) is 33.8 Å². The first-order chi connectivity index (χ1) is 14.9. The molecule has 0 aliphatic heterocycles. The second kappa shape index (κ2) is 14.6. The van der Waals surface area contributed by atoms with Gasteiger partial charge in [-0.15, -0.1) is 0 Å². The summed E-state index contributed by atoms with van der Waals surface area (Å²) in [5.74, 6) is -4.52. The number of carbonyl (C=O) groups excluding carboxylic acids is 4. The predicted molar refractivity (Wildman–Crippen MR) is 116 cm³/mol. The third-order valence-electron chi connectivity index (χ3n) is 4.32. The molecule has 0 saturated carbocycles. The van der Waals surface area contributed by atoms with Crippen LogP contribution in [0.5, 0.6) is 0 Å². The normalized spacial score (nSPS) is 13.4. The highest BCUT2D eigenvalue weighted by molar-refractivity contribution is 5.93. The van der Waals surface area contributed by atoms with E-state index < -0.39 is 47.7 Å². The fourth-order valence-electron chi connectivity index (χ4n) is 2.62. The van der Waals surface area contributed by atoms with Crippen LogP contribution in [-0.4, -0.2) is 71.9 Å². The molecule has 12 N–H and O–H groups in total. The summed E-state index contributed by atoms with van der Waals surface area (Å²) in [7, 11) is 0. The molecule has 32 heavy (non-hydrogen) atoms. The van der Waals surface area contributed by atoms with E-state index in [2.05, 4.69) is 20.9 Å². The van der Waals surface area contributed by atoms with Crippen molar-refractivity contribution >= 4 is 35.6 Å². The van der Waals surface area contributed by atoms with Crippen LogP contribution in [0.2, 0.25) is 0 Å². The smallest absolute Gasteiger partial charge is 0.326 e. The molecule has 0 bridgehead atoms. The Balaban J connectivity index is 5.45. The van der Waals surface area contributed by atoms with Gasteiger partial charge in [0.15, 0.2) is 5.96 Å². The summed E-state index contributed by atoms with van der Waals surface area (Å²) in [5, 5.41) is 16.6. The number of nitrogens with two attached hydrogens (primary N) is 4. The highest BCUT2D eigenvalue weighted by Gasteiger charge is 2.30. The molecular formula is C18H34N8O6. The molecule has 0 rings (SSSR count). The van der Waals surface area contributed by atoms with Gasteiger partial charge in [-0.2, -0.15) is 0 Å². The molecule has 3 unspecified atom stereocenters. The number of amides is 4. The van der Waals surface area contributed by atoms with E-state index in [9.17, 15) is 29.1 Å². The third kappa shape index (κ3) is 11.7. The summed E-state index contributed by atoms with van der Waals surface area (Å²) in [4.78, 5) is 63.3. The van der Waals surface area contributed by atoms with E-state index in [0.717, 1.165) is 0 Å². The summed E-state index contributed by atoms with van der Waals surface area (Å²) in [6.45, 7) is 3.24. The van der Waals surface area contributed by atoms with Crippen molar-refractivity contribution in [2.75, 3.05) is 13.1 Å². The van der Waals surface area contributed by atoms with Crippen molar-refractivity contribution in [2.45, 2.75) is 57.7 Å². The molecule has 0 aromatic rings. The summed E-state index contributed by atoms with van der Waals surface area (Å²) in [6, 6.07) is -3.50. The van der Waals surface area contributed by atoms with Gasteiger partial charge < -0.3 is 44.0 Å². The number of guanidine groups is 1. The van der Waals surface area contributed by atoms with Crippen molar-refractivity contribution in [1.82, 2.24) is 16.0 Å². The predicted octanol–water partition coefficient (Wildman–Crippen LogP) is -3.54. The first-order valence-corrected chi connectivity index (χ1v) is 10.1. The van der Waals surface area contributed by atoms with Crippen molar-refractivity contribution in [1.29, 1.82) is 0 Å². The summed E-state index contributed by atoms with van der Waals surface area (Å²) < 4.78 is 0. The van der Waals surface area contributed by atoms with Crippen LogP contribution in [0, 0.1) is 5.92 Å². The molecule has 0 aromatic heterocycles. The molecule has 14 heteroatoms. The monoisotopic (exact) mass is 458 g/mol. The summed E-state index contributed by atoms with van der Waals surface area (Å²) in [6.07, 6.45) is -0.103. The molecule has 0 fully saturated rings. The van der Waals surface area contributed by atoms with Crippen LogP contribution in [0.4, 0.5) is 0 Å². The van der Waals surface area contributed by atoms with Crippen LogP contribution in [-0.2, 0) is 24.0 Å². The topological polar surface area (TPSA) is 258 Å². The molecule has 14 nitrogen and oxygen atoms in total. The number of aliphatic carboxylic acids is 1. The lowest BCUT2D eigenvalue weighted by molar-refractivity contribution is -0.142. The average Bonchev–Trinajstić information content (AvgIpc) is 2.69. The van der Waals surface area contributed by atoms with Gasteiger partial charge in [0, 0.05) is 13.0 Å². The van der Waals surface area contributed by atoms with Gasteiger partial charge in [-0.1, -0.05) is 13.8 Å². The number of rotatable bonds is 15. The molecule has 0 saturated heterocycles. The second-order valence-corrected chi connectivity index (χ2v) is 7.41. The number of nitrogens with zero attached hydrogens (tertiary/aromatic N) is 1. The standard InChI is InChI=1S/C18H34N8O6/c1-9(2)14(26-13(28)8-19)16(30)24-10(4-3-7-23-18(21)22)15(29)25-11(17(31)32)5-6-12(20)27/h9-11,14H,3-8,19H2,1-2H3,(H2,20,27)(H,24,30)(H,25,29)(H,26,28)(H,31,32)(H4,21,22,23). The Morgan fingerprint density at radius 1 is 0.906 bits per heavy atom. The van der Waals surface area contributed by atoms with Crippen LogP contribution in [0.1, 0.15) is 39.5 Å². The van der Waals surface area contributed by atoms with Crippen molar-refractivity contribution in [3.63, 3.8) is 0 Å². The van der Waals surface area contributed by atoms with Gasteiger partial charge in [0.2, 0.25) is 23.6 Å². The van der Waals surface area contributed by atoms with Crippen molar-refractivity contribution in [3.8, 4) is 0 Å². The fourth-order valence-corrected chi connectivity index (χ4v) is 2.62. The van der Waals surface area contributed by atoms with Crippen LogP contribution in [0.3, 0.4) is 0 Å².